The van der Waals surface area contributed by atoms with Gasteiger partial charge in [0.1, 0.15) is 24.2 Å². The first-order valence-corrected chi connectivity index (χ1v) is 27.4. The smallest absolute Gasteiger partial charge is 0.249 e. The molecule has 1 heterocycles. The molecule has 1 aromatic heterocycles. The van der Waals surface area contributed by atoms with Gasteiger partial charge < -0.3 is 141 Å². The number of carbonyl (C=O) groups excluding carboxylic acids is 17. The molecule has 0 saturated heterocycles. The first kappa shape index (κ1) is 76.3. The topological polar surface area (TPSA) is 626 Å². The van der Waals surface area contributed by atoms with Crippen molar-refractivity contribution in [3.05, 3.63) is 53.5 Å². The SMILES string of the molecule is CC(=O)NCc1cc(COc2ccc(CCNC(=O)CC[C@H](NC(=O)CC[C@H](NC(=O)CC[C@H](NC(=O)CC(NC(=O)CC(O)C(=O)N[C@@H](CCC(=O)N[C@@H](CCC(=O)N[C@@H](CCC(=O)[O-])C(=O)[O-])C(=O)[O-])C(=O)[O-])C(=O)[O-])C(=O)[O-])C(=O)[O-])C(=O)[O-])cc2)co1. The summed E-state index contributed by atoms with van der Waals surface area (Å²) in [5, 5.41) is 121. The van der Waals surface area contributed by atoms with E-state index in [1.807, 2.05) is 16.0 Å². The summed E-state index contributed by atoms with van der Waals surface area (Å²) in [4.78, 5) is 204. The lowest BCUT2D eigenvalue weighted by Crippen LogP contribution is -2.54. The molecule has 0 bridgehead atoms. The van der Waals surface area contributed by atoms with Crippen LogP contribution in [-0.2, 0) is 101 Å². The number of aliphatic hydroxyl groups excluding tert-OH is 1. The minimum atomic E-state index is -2.49. The number of ether oxygens (including phenoxy) is 1. The van der Waals surface area contributed by atoms with E-state index >= 15 is 0 Å². The van der Waals surface area contributed by atoms with Gasteiger partial charge in [0.15, 0.2) is 0 Å². The zero-order valence-electron chi connectivity index (χ0n) is 48.3. The monoisotopic (exact) mass is 1290 g/mol. The van der Waals surface area contributed by atoms with E-state index in [0.717, 1.165) is 11.1 Å². The van der Waals surface area contributed by atoms with Gasteiger partial charge in [-0.15, -0.1) is 0 Å². The van der Waals surface area contributed by atoms with Crippen LogP contribution in [0, 0.1) is 0 Å². The van der Waals surface area contributed by atoms with E-state index in [1.54, 1.807) is 46.3 Å². The number of carboxylic acid groups (broad SMARTS) is 8. The first-order chi connectivity index (χ1) is 42.7. The summed E-state index contributed by atoms with van der Waals surface area (Å²) in [6.45, 7) is 1.93. The molecule has 0 aliphatic heterocycles. The first-order valence-electron chi connectivity index (χ1n) is 27.4. The summed E-state index contributed by atoms with van der Waals surface area (Å²) >= 11 is 0. The molecule has 9 amide bonds. The number of carboxylic acids is 8. The van der Waals surface area contributed by atoms with Crippen LogP contribution in [0.5, 0.6) is 5.75 Å². The maximum absolute atomic E-state index is 12.7. The van der Waals surface area contributed by atoms with Crippen LogP contribution in [0.3, 0.4) is 0 Å². The maximum atomic E-state index is 12.7. The van der Waals surface area contributed by atoms with Gasteiger partial charge in [0.2, 0.25) is 53.2 Å². The van der Waals surface area contributed by atoms with E-state index < -0.39 is 233 Å². The molecule has 0 aliphatic carbocycles. The summed E-state index contributed by atoms with van der Waals surface area (Å²) in [6.07, 6.45) is -12.1. The van der Waals surface area contributed by atoms with Crippen molar-refractivity contribution in [3.8, 4) is 5.75 Å². The summed E-state index contributed by atoms with van der Waals surface area (Å²) < 4.78 is 11.1. The Bertz CT molecular complexity index is 2970. The minimum absolute atomic E-state index is 0.141. The van der Waals surface area contributed by atoms with Crippen LogP contribution >= 0.6 is 0 Å². The number of hydrogen-bond acceptors (Lipinski definition) is 28. The Kier molecular flexibility index (Phi) is 32.9. The number of aliphatic carboxylic acids is 8. The summed E-state index contributed by atoms with van der Waals surface area (Å²) in [5.41, 5.74) is 1.55. The minimum Gasteiger partial charge on any atom is -0.550 e. The molecular formula is C54H63N9O28-8. The number of aliphatic hydroxyl groups is 1. The Balaban J connectivity index is 1.82. The fourth-order valence-corrected chi connectivity index (χ4v) is 7.78. The normalized spacial score (nSPS) is 13.4. The third-order valence-electron chi connectivity index (χ3n) is 12.6. The lowest BCUT2D eigenvalue weighted by molar-refractivity contribution is -0.312. The number of amides is 9. The molecule has 500 valence electrons. The Morgan fingerprint density at radius 1 is 0.440 bits per heavy atom. The molecule has 2 rings (SSSR count). The van der Waals surface area contributed by atoms with Crippen molar-refractivity contribution in [2.45, 2.75) is 165 Å². The van der Waals surface area contributed by atoms with Crippen molar-refractivity contribution < 1.29 is 137 Å². The highest BCUT2D eigenvalue weighted by atomic mass is 16.5. The van der Waals surface area contributed by atoms with E-state index in [9.17, 15) is 127 Å². The molecule has 91 heavy (non-hydrogen) atoms. The highest BCUT2D eigenvalue weighted by Crippen LogP contribution is 2.17. The molecule has 37 heteroatoms. The summed E-state index contributed by atoms with van der Waals surface area (Å²) in [7, 11) is 0. The van der Waals surface area contributed by atoms with Crippen molar-refractivity contribution in [3.63, 3.8) is 0 Å². The number of nitrogens with one attached hydrogen (secondary N) is 9. The second kappa shape index (κ2) is 39.2. The average molecular weight is 1290 g/mol. The highest BCUT2D eigenvalue weighted by Gasteiger charge is 2.28. The molecule has 0 radical (unpaired) electrons. The quantitative estimate of drug-likeness (QED) is 0.0294. The van der Waals surface area contributed by atoms with Crippen LogP contribution < -0.4 is 93.4 Å². The molecule has 37 nitrogen and oxygen atoms in total. The van der Waals surface area contributed by atoms with Gasteiger partial charge in [0, 0.05) is 57.1 Å². The lowest BCUT2D eigenvalue weighted by Gasteiger charge is -2.25. The second-order valence-corrected chi connectivity index (χ2v) is 19.9. The van der Waals surface area contributed by atoms with Crippen molar-refractivity contribution in [1.82, 2.24) is 47.9 Å². The van der Waals surface area contributed by atoms with Crippen LogP contribution in [0.1, 0.15) is 114 Å². The number of furan rings is 1. The molecule has 0 spiro atoms. The van der Waals surface area contributed by atoms with Gasteiger partial charge in [-0.05, 0) is 75.1 Å². The van der Waals surface area contributed by atoms with Crippen molar-refractivity contribution in [2.75, 3.05) is 6.54 Å². The number of hydrogen-bond donors (Lipinski definition) is 10. The third kappa shape index (κ3) is 31.6. The van der Waals surface area contributed by atoms with Crippen LogP contribution in [0.2, 0.25) is 0 Å². The summed E-state index contributed by atoms with van der Waals surface area (Å²) in [6, 6.07) is -5.36. The largest absolute Gasteiger partial charge is 0.550 e. The Hall–Kier alpha value is -10.8. The van der Waals surface area contributed by atoms with E-state index in [4.69, 9.17) is 9.15 Å². The fraction of sp³-hybridized carbons (Fsp3) is 0.500. The van der Waals surface area contributed by atoms with E-state index in [-0.39, 0.29) is 25.6 Å². The third-order valence-corrected chi connectivity index (χ3v) is 12.6. The van der Waals surface area contributed by atoms with E-state index in [2.05, 4.69) is 16.0 Å². The lowest BCUT2D eigenvalue weighted by atomic mass is 10.1. The zero-order valence-corrected chi connectivity index (χ0v) is 48.3. The van der Waals surface area contributed by atoms with Crippen LogP contribution in [0.15, 0.2) is 41.0 Å². The van der Waals surface area contributed by atoms with Crippen molar-refractivity contribution in [1.29, 1.82) is 0 Å². The maximum Gasteiger partial charge on any atom is 0.249 e. The van der Waals surface area contributed by atoms with Gasteiger partial charge in [-0.3, -0.25) is 43.2 Å². The van der Waals surface area contributed by atoms with Gasteiger partial charge in [-0.2, -0.15) is 0 Å². The summed E-state index contributed by atoms with van der Waals surface area (Å²) in [5.74, 6) is -24.5. The Morgan fingerprint density at radius 3 is 1.20 bits per heavy atom. The second-order valence-electron chi connectivity index (χ2n) is 19.9. The molecule has 10 N–H and O–H groups in total. The van der Waals surface area contributed by atoms with Gasteiger partial charge in [-0.1, -0.05) is 12.1 Å². The van der Waals surface area contributed by atoms with E-state index in [0.29, 0.717) is 17.9 Å². The zero-order chi connectivity index (χ0) is 68.5. The van der Waals surface area contributed by atoms with E-state index in [1.165, 1.54) is 13.2 Å². The standard InChI is InChI=1S/C54H71N9O28/c1-26(64)56-23-30-20-28(25-91-30)24-90-29-4-2-27(3-5-29)18-19-55-39(66)12-6-31(48(76)77)57-40(67)13-7-32(49(78)79)58-41(68)15-9-34(51(82)83)61-44(71)21-37(54(88)89)62-45(72)22-38(65)47(75)63-36(53(86)87)10-16-43(70)59-33(50(80)81)8-14-42(69)60-35(52(84)85)11-17-46(73)74/h2-5,20,25,31-38,65H,6-19,21-24H2,1H3,(H,55,66)(H,56,64)(H,57,67)(H,58,68)(H,59,70)(H,60,69)(H,61,71)(H,62,72)(H,63,75)(H,73,74)(H,76,77)(H,78,79)(H,80,81)(H,82,83)(H,84,85)(H,86,87)(H,88,89)/p-8/t31-,32-,33-,34-,35-,36-,37?,38?/m0/s1. The fourth-order valence-electron chi connectivity index (χ4n) is 7.78. The van der Waals surface area contributed by atoms with Gasteiger partial charge in [0.05, 0.1) is 110 Å². The van der Waals surface area contributed by atoms with Crippen LogP contribution in [0.25, 0.3) is 0 Å². The number of rotatable bonds is 45. The Morgan fingerprint density at radius 2 is 0.802 bits per heavy atom. The predicted molar refractivity (Wildman–Crippen MR) is 278 cm³/mol. The highest BCUT2D eigenvalue weighted by molar-refractivity contribution is 5.93. The number of carbonyl (C=O) groups is 17. The van der Waals surface area contributed by atoms with Gasteiger partial charge in [0.25, 0.3) is 0 Å². The van der Waals surface area contributed by atoms with Gasteiger partial charge >= 0.3 is 0 Å². The molecule has 2 unspecified atom stereocenters. The van der Waals surface area contributed by atoms with Crippen LogP contribution in [-0.4, -0.2) is 161 Å². The molecule has 0 aliphatic rings. The molecule has 0 saturated carbocycles. The van der Waals surface area contributed by atoms with Gasteiger partial charge in [-0.25, -0.2) is 0 Å². The number of benzene rings is 1. The molecular weight excluding hydrogens is 1220 g/mol. The average Bonchev–Trinajstić information content (AvgIpc) is 2.71. The van der Waals surface area contributed by atoms with Crippen molar-refractivity contribution >= 4 is 101 Å². The molecule has 1 aromatic carbocycles. The predicted octanol–water partition coefficient (Wildman–Crippen LogP) is -14.6. The van der Waals surface area contributed by atoms with Crippen molar-refractivity contribution in [2.24, 2.45) is 0 Å². The van der Waals surface area contributed by atoms with Crippen LogP contribution in [0.4, 0.5) is 0 Å². The Labute approximate surface area is 514 Å². The molecule has 2 aromatic rings. The molecule has 0 fully saturated rings. The molecule has 8 atom stereocenters.